The van der Waals surface area contributed by atoms with Crippen molar-refractivity contribution in [2.45, 2.75) is 95.8 Å². The van der Waals surface area contributed by atoms with Gasteiger partial charge in [0, 0.05) is 5.25 Å². The van der Waals surface area contributed by atoms with Crippen LogP contribution in [0.15, 0.2) is 0 Å². The third-order valence-electron chi connectivity index (χ3n) is 3.74. The van der Waals surface area contributed by atoms with Crippen LogP contribution in [-0.2, 0) is 10.1 Å². The first-order valence-electron chi connectivity index (χ1n) is 8.00. The summed E-state index contributed by atoms with van der Waals surface area (Å²) in [5, 5.41) is 8.69. The van der Waals surface area contributed by atoms with Gasteiger partial charge in [0.15, 0.2) is 0 Å². The van der Waals surface area contributed by atoms with Crippen molar-refractivity contribution in [3.05, 3.63) is 0 Å². The molecule has 0 saturated carbocycles. The van der Waals surface area contributed by atoms with Gasteiger partial charge in [-0.05, 0) is 19.8 Å². The summed E-state index contributed by atoms with van der Waals surface area (Å²) in [6.45, 7) is 3.58. The smallest absolute Gasteiger partial charge is 0.748 e. The fourth-order valence-corrected chi connectivity index (χ4v) is 2.77. The monoisotopic (exact) mass is 330 g/mol. The van der Waals surface area contributed by atoms with E-state index in [1.54, 1.807) is 0 Å². The maximum Gasteiger partial charge on any atom is 1.00 e. The Bertz CT molecular complexity index is 320. The number of unbranched alkanes of at least 4 members (excludes halogenated alkanes) is 8. The number of aliphatic hydroxyl groups excluding tert-OH is 1. The third-order valence-corrected chi connectivity index (χ3v) is 4.92. The molecule has 0 spiro atoms. The molecule has 1 N–H and O–H groups in total. The Balaban J connectivity index is 0. The van der Waals surface area contributed by atoms with E-state index in [1.807, 2.05) is 0 Å². The molecule has 0 amide bonds. The van der Waals surface area contributed by atoms with Crippen LogP contribution < -0.4 is 29.6 Å². The van der Waals surface area contributed by atoms with Gasteiger partial charge in [-0.1, -0.05) is 64.7 Å². The number of hydrogen-bond donors (Lipinski definition) is 1. The summed E-state index contributed by atoms with van der Waals surface area (Å²) in [4.78, 5) is 0. The van der Waals surface area contributed by atoms with Gasteiger partial charge < -0.3 is 9.66 Å². The molecule has 21 heavy (non-hydrogen) atoms. The Kier molecular flexibility index (Phi) is 16.6. The first kappa shape index (κ1) is 24.1. The van der Waals surface area contributed by atoms with Gasteiger partial charge in [0.2, 0.25) is 0 Å². The van der Waals surface area contributed by atoms with E-state index in [9.17, 15) is 18.1 Å². The molecule has 0 aliphatic heterocycles. The molecule has 0 rings (SSSR count). The molecule has 122 valence electrons. The molecule has 0 aromatic rings. The molecule has 0 aliphatic carbocycles. The molecule has 2 unspecified atom stereocenters. The Morgan fingerprint density at radius 1 is 0.952 bits per heavy atom. The van der Waals surface area contributed by atoms with E-state index in [4.69, 9.17) is 0 Å². The van der Waals surface area contributed by atoms with Crippen LogP contribution in [0.25, 0.3) is 0 Å². The SMILES string of the molecule is CCCCCCCCCCCC(O)CC(C)S(=O)(=O)[O-].[Na+]. The summed E-state index contributed by atoms with van der Waals surface area (Å²) in [6, 6.07) is 0. The van der Waals surface area contributed by atoms with Crippen molar-refractivity contribution in [3.8, 4) is 0 Å². The molecule has 0 heterocycles. The number of rotatable bonds is 13. The summed E-state index contributed by atoms with van der Waals surface area (Å²) in [7, 11) is -4.26. The molecular formula is C15H31NaO4S. The maximum absolute atomic E-state index is 10.7. The van der Waals surface area contributed by atoms with Crippen molar-refractivity contribution < 1.29 is 47.6 Å². The first-order chi connectivity index (χ1) is 9.38. The Labute approximate surface area is 153 Å². The first-order valence-corrected chi connectivity index (χ1v) is 9.47. The third kappa shape index (κ3) is 15.5. The van der Waals surface area contributed by atoms with Gasteiger partial charge >= 0.3 is 29.6 Å². The second kappa shape index (κ2) is 14.5. The van der Waals surface area contributed by atoms with Crippen LogP contribution in [0, 0.1) is 0 Å². The summed E-state index contributed by atoms with van der Waals surface area (Å²) >= 11 is 0. The molecule has 0 bridgehead atoms. The molecule has 0 aromatic heterocycles. The van der Waals surface area contributed by atoms with Crippen LogP contribution >= 0.6 is 0 Å². The summed E-state index contributed by atoms with van der Waals surface area (Å²) in [6.07, 6.45) is 10.9. The van der Waals surface area contributed by atoms with Crippen LogP contribution in [0.4, 0.5) is 0 Å². The quantitative estimate of drug-likeness (QED) is 0.305. The minimum absolute atomic E-state index is 0. The van der Waals surface area contributed by atoms with E-state index >= 15 is 0 Å². The summed E-state index contributed by atoms with van der Waals surface area (Å²) in [5.41, 5.74) is 0. The molecule has 0 saturated heterocycles. The molecule has 2 atom stereocenters. The zero-order valence-electron chi connectivity index (χ0n) is 14.0. The van der Waals surface area contributed by atoms with Crippen molar-refractivity contribution >= 4 is 10.1 Å². The normalized spacial score (nSPS) is 14.5. The van der Waals surface area contributed by atoms with E-state index in [0.29, 0.717) is 6.42 Å². The maximum atomic E-state index is 10.7. The van der Waals surface area contributed by atoms with Gasteiger partial charge in [0.05, 0.1) is 16.2 Å². The van der Waals surface area contributed by atoms with Gasteiger partial charge in [-0.25, -0.2) is 8.42 Å². The van der Waals surface area contributed by atoms with Gasteiger partial charge in [-0.2, -0.15) is 0 Å². The van der Waals surface area contributed by atoms with Crippen molar-refractivity contribution in [2.24, 2.45) is 0 Å². The fourth-order valence-electron chi connectivity index (χ4n) is 2.31. The average molecular weight is 330 g/mol. The number of hydrogen-bond acceptors (Lipinski definition) is 4. The molecule has 0 radical (unpaired) electrons. The zero-order chi connectivity index (χ0) is 15.4. The van der Waals surface area contributed by atoms with Gasteiger partial charge in [0.1, 0.15) is 0 Å². The summed E-state index contributed by atoms with van der Waals surface area (Å²) < 4.78 is 32.2. The van der Waals surface area contributed by atoms with E-state index in [1.165, 1.54) is 51.9 Å². The second-order valence-corrected chi connectivity index (χ2v) is 7.60. The minimum Gasteiger partial charge on any atom is -0.748 e. The number of aliphatic hydroxyl groups is 1. The predicted octanol–water partition coefficient (Wildman–Crippen LogP) is 0.596. The zero-order valence-corrected chi connectivity index (χ0v) is 16.8. The van der Waals surface area contributed by atoms with Crippen LogP contribution in [-0.4, -0.2) is 29.4 Å². The van der Waals surface area contributed by atoms with E-state index < -0.39 is 21.5 Å². The van der Waals surface area contributed by atoms with Gasteiger partial charge in [-0.3, -0.25) is 0 Å². The van der Waals surface area contributed by atoms with Gasteiger partial charge in [0.25, 0.3) is 0 Å². The largest absolute Gasteiger partial charge is 1.00 e. The van der Waals surface area contributed by atoms with E-state index in [0.717, 1.165) is 12.8 Å². The van der Waals surface area contributed by atoms with Crippen molar-refractivity contribution in [1.29, 1.82) is 0 Å². The van der Waals surface area contributed by atoms with Crippen LogP contribution in [0.5, 0.6) is 0 Å². The molecule has 0 aliphatic rings. The predicted molar refractivity (Wildman–Crippen MR) is 81.6 cm³/mol. The molecule has 0 aromatic carbocycles. The Morgan fingerprint density at radius 3 is 1.81 bits per heavy atom. The van der Waals surface area contributed by atoms with Crippen LogP contribution in [0.1, 0.15) is 84.5 Å². The van der Waals surface area contributed by atoms with E-state index in [-0.39, 0.29) is 36.0 Å². The molecule has 0 fully saturated rings. The Hall–Kier alpha value is 0.870. The van der Waals surface area contributed by atoms with Crippen molar-refractivity contribution in [2.75, 3.05) is 0 Å². The van der Waals surface area contributed by atoms with Crippen molar-refractivity contribution in [3.63, 3.8) is 0 Å². The van der Waals surface area contributed by atoms with Crippen LogP contribution in [0.3, 0.4) is 0 Å². The fraction of sp³-hybridized carbons (Fsp3) is 1.00. The van der Waals surface area contributed by atoms with E-state index in [2.05, 4.69) is 6.92 Å². The molecular weight excluding hydrogens is 299 g/mol. The van der Waals surface area contributed by atoms with Crippen LogP contribution in [0.2, 0.25) is 0 Å². The van der Waals surface area contributed by atoms with Gasteiger partial charge in [-0.15, -0.1) is 0 Å². The van der Waals surface area contributed by atoms with Crippen molar-refractivity contribution in [1.82, 2.24) is 0 Å². The Morgan fingerprint density at radius 2 is 1.38 bits per heavy atom. The minimum atomic E-state index is -4.26. The molecule has 6 heteroatoms. The summed E-state index contributed by atoms with van der Waals surface area (Å²) in [5.74, 6) is 0. The second-order valence-electron chi connectivity index (χ2n) is 5.81. The topological polar surface area (TPSA) is 77.4 Å². The standard InChI is InChI=1S/C15H32O4S.Na/c1-3-4-5-6-7-8-9-10-11-12-15(16)13-14(2)20(17,18)19;/h14-16H,3-13H2,1-2H3,(H,17,18,19);/q;+1/p-1. The average Bonchev–Trinajstić information content (AvgIpc) is 2.35. The molecule has 4 nitrogen and oxygen atoms in total.